The van der Waals surface area contributed by atoms with Gasteiger partial charge in [-0.15, -0.1) is 0 Å². The Morgan fingerprint density at radius 2 is 2.08 bits per heavy atom. The first-order valence-corrected chi connectivity index (χ1v) is 6.07. The third kappa shape index (κ3) is 2.28. The molecular formula is C10H13O2P. The van der Waals surface area contributed by atoms with Crippen molar-refractivity contribution >= 4 is 8.38 Å². The highest BCUT2D eigenvalue weighted by atomic mass is 31.2. The highest BCUT2D eigenvalue weighted by Gasteiger charge is 2.21. The molecule has 0 radical (unpaired) electrons. The molecule has 70 valence electrons. The highest BCUT2D eigenvalue weighted by Crippen LogP contribution is 2.45. The van der Waals surface area contributed by atoms with Gasteiger partial charge >= 0.3 is 0 Å². The molecule has 1 aromatic rings. The van der Waals surface area contributed by atoms with Gasteiger partial charge in [0.2, 0.25) is 0 Å². The lowest BCUT2D eigenvalue weighted by Crippen LogP contribution is -2.10. The Bertz CT molecular complexity index is 263. The smallest absolute Gasteiger partial charge is 0.167 e. The van der Waals surface area contributed by atoms with E-state index >= 15 is 0 Å². The molecule has 1 heterocycles. The van der Waals surface area contributed by atoms with Gasteiger partial charge < -0.3 is 9.05 Å². The average Bonchev–Trinajstić information content (AvgIpc) is 2.19. The van der Waals surface area contributed by atoms with Crippen LogP contribution in [-0.4, -0.2) is 13.3 Å². The average molecular weight is 196 g/mol. The first-order valence-electron chi connectivity index (χ1n) is 4.44. The minimum absolute atomic E-state index is 0.242. The van der Waals surface area contributed by atoms with Gasteiger partial charge in [0.1, 0.15) is 0 Å². The van der Waals surface area contributed by atoms with Crippen molar-refractivity contribution in [2.45, 2.75) is 12.5 Å². The van der Waals surface area contributed by atoms with Crippen LogP contribution in [0.4, 0.5) is 0 Å². The molecule has 2 nitrogen and oxygen atoms in total. The quantitative estimate of drug-likeness (QED) is 0.642. The molecule has 0 amide bonds. The molecule has 1 aliphatic heterocycles. The Labute approximate surface area is 79.8 Å². The summed E-state index contributed by atoms with van der Waals surface area (Å²) in [6.07, 6.45) is 1.21. The van der Waals surface area contributed by atoms with Crippen molar-refractivity contribution in [2.75, 3.05) is 13.3 Å². The van der Waals surface area contributed by atoms with Crippen molar-refractivity contribution in [1.29, 1.82) is 0 Å². The zero-order valence-corrected chi connectivity index (χ0v) is 8.54. The molecule has 1 aromatic carbocycles. The van der Waals surface area contributed by atoms with Crippen LogP contribution in [0, 0.1) is 0 Å². The van der Waals surface area contributed by atoms with E-state index in [0.29, 0.717) is 0 Å². The maximum absolute atomic E-state index is 5.71. The summed E-state index contributed by atoms with van der Waals surface area (Å²) >= 11 is 0. The Hall–Kier alpha value is -0.430. The van der Waals surface area contributed by atoms with Gasteiger partial charge in [-0.05, 0) is 5.56 Å². The van der Waals surface area contributed by atoms with Gasteiger partial charge in [0, 0.05) is 13.1 Å². The van der Waals surface area contributed by atoms with Crippen LogP contribution in [0.2, 0.25) is 0 Å². The third-order valence-electron chi connectivity index (χ3n) is 2.10. The summed E-state index contributed by atoms with van der Waals surface area (Å²) in [5.41, 5.74) is 1.26. The lowest BCUT2D eigenvalue weighted by Gasteiger charge is -2.27. The summed E-state index contributed by atoms with van der Waals surface area (Å²) in [4.78, 5) is 0. The molecule has 0 bridgehead atoms. The molecule has 0 aliphatic carbocycles. The second-order valence-electron chi connectivity index (χ2n) is 3.07. The number of rotatable bonds is 1. The molecule has 0 aromatic heterocycles. The standard InChI is InChI=1S/C10H13O2P/c1-13-11-8-7-10(12-13)9-5-3-2-4-6-9/h2-6,10H,7-8H2,1H3. The topological polar surface area (TPSA) is 18.5 Å². The minimum Gasteiger partial charge on any atom is -0.334 e. The van der Waals surface area contributed by atoms with Gasteiger partial charge in [-0.2, -0.15) is 0 Å². The van der Waals surface area contributed by atoms with E-state index in [1.807, 2.05) is 24.9 Å². The largest absolute Gasteiger partial charge is 0.334 e. The van der Waals surface area contributed by atoms with E-state index in [1.54, 1.807) is 0 Å². The molecule has 0 saturated carbocycles. The van der Waals surface area contributed by atoms with Gasteiger partial charge in [0.05, 0.1) is 12.7 Å². The van der Waals surface area contributed by atoms with Crippen molar-refractivity contribution in [3.05, 3.63) is 35.9 Å². The van der Waals surface area contributed by atoms with E-state index in [9.17, 15) is 0 Å². The third-order valence-corrected chi connectivity index (χ3v) is 3.20. The Kier molecular flexibility index (Phi) is 2.94. The molecule has 2 unspecified atom stereocenters. The molecule has 13 heavy (non-hydrogen) atoms. The van der Waals surface area contributed by atoms with Gasteiger partial charge in [-0.3, -0.25) is 0 Å². The Morgan fingerprint density at radius 1 is 1.31 bits per heavy atom. The van der Waals surface area contributed by atoms with Crippen LogP contribution in [0.25, 0.3) is 0 Å². The van der Waals surface area contributed by atoms with E-state index in [0.717, 1.165) is 13.0 Å². The summed E-state index contributed by atoms with van der Waals surface area (Å²) in [5.74, 6) is 0. The fourth-order valence-corrected chi connectivity index (χ4v) is 2.45. The summed E-state index contributed by atoms with van der Waals surface area (Å²) in [6, 6.07) is 10.3. The number of hydrogen-bond acceptors (Lipinski definition) is 2. The SMILES string of the molecule is CP1OCCC(c2ccccc2)O1. The number of hydrogen-bond donors (Lipinski definition) is 0. The van der Waals surface area contributed by atoms with Crippen LogP contribution >= 0.6 is 8.38 Å². The van der Waals surface area contributed by atoms with Crippen molar-refractivity contribution in [3.8, 4) is 0 Å². The minimum atomic E-state index is -0.655. The first-order chi connectivity index (χ1) is 6.36. The van der Waals surface area contributed by atoms with Crippen LogP contribution in [0.1, 0.15) is 18.1 Å². The van der Waals surface area contributed by atoms with E-state index in [4.69, 9.17) is 9.05 Å². The maximum atomic E-state index is 5.71. The lowest BCUT2D eigenvalue weighted by atomic mass is 10.1. The highest BCUT2D eigenvalue weighted by molar-refractivity contribution is 7.46. The van der Waals surface area contributed by atoms with Crippen LogP contribution < -0.4 is 0 Å². The zero-order chi connectivity index (χ0) is 9.10. The van der Waals surface area contributed by atoms with Gasteiger partial charge in [0.25, 0.3) is 0 Å². The monoisotopic (exact) mass is 196 g/mol. The van der Waals surface area contributed by atoms with E-state index < -0.39 is 8.38 Å². The second kappa shape index (κ2) is 4.19. The van der Waals surface area contributed by atoms with Crippen LogP contribution in [0.5, 0.6) is 0 Å². The fraction of sp³-hybridized carbons (Fsp3) is 0.400. The maximum Gasteiger partial charge on any atom is 0.167 e. The molecule has 3 heteroatoms. The lowest BCUT2D eigenvalue weighted by molar-refractivity contribution is 0.111. The predicted octanol–water partition coefficient (Wildman–Crippen LogP) is 3.11. The van der Waals surface area contributed by atoms with Gasteiger partial charge in [0.15, 0.2) is 8.38 Å². The van der Waals surface area contributed by atoms with Crippen LogP contribution in [-0.2, 0) is 9.05 Å². The summed E-state index contributed by atoms with van der Waals surface area (Å²) < 4.78 is 11.1. The molecule has 1 saturated heterocycles. The van der Waals surface area contributed by atoms with Gasteiger partial charge in [-0.1, -0.05) is 30.3 Å². The van der Waals surface area contributed by atoms with Crippen molar-refractivity contribution in [2.24, 2.45) is 0 Å². The van der Waals surface area contributed by atoms with E-state index in [2.05, 4.69) is 12.1 Å². The van der Waals surface area contributed by atoms with Crippen LogP contribution in [0.15, 0.2) is 30.3 Å². The van der Waals surface area contributed by atoms with E-state index in [1.165, 1.54) is 5.56 Å². The van der Waals surface area contributed by atoms with Crippen LogP contribution in [0.3, 0.4) is 0 Å². The predicted molar refractivity (Wildman–Crippen MR) is 53.7 cm³/mol. The molecule has 0 spiro atoms. The number of benzene rings is 1. The molecule has 2 atom stereocenters. The van der Waals surface area contributed by atoms with Crippen molar-refractivity contribution in [3.63, 3.8) is 0 Å². The summed E-state index contributed by atoms with van der Waals surface area (Å²) in [6.45, 7) is 2.83. The summed E-state index contributed by atoms with van der Waals surface area (Å²) in [5, 5.41) is 0. The molecule has 1 aliphatic rings. The molecule has 2 rings (SSSR count). The van der Waals surface area contributed by atoms with Gasteiger partial charge in [-0.25, -0.2) is 0 Å². The Morgan fingerprint density at radius 3 is 2.77 bits per heavy atom. The molecule has 0 N–H and O–H groups in total. The normalized spacial score (nSPS) is 28.7. The second-order valence-corrected chi connectivity index (χ2v) is 4.41. The first kappa shape index (κ1) is 9.14. The van der Waals surface area contributed by atoms with Crippen molar-refractivity contribution in [1.82, 2.24) is 0 Å². The van der Waals surface area contributed by atoms with E-state index in [-0.39, 0.29) is 6.10 Å². The molecular weight excluding hydrogens is 183 g/mol. The molecule has 1 fully saturated rings. The van der Waals surface area contributed by atoms with Crippen molar-refractivity contribution < 1.29 is 9.05 Å². The Balaban J connectivity index is 2.08. The zero-order valence-electron chi connectivity index (χ0n) is 7.64. The summed E-state index contributed by atoms with van der Waals surface area (Å²) in [7, 11) is -0.655. The fourth-order valence-electron chi connectivity index (χ4n) is 1.45.